The van der Waals surface area contributed by atoms with Gasteiger partial charge in [-0.25, -0.2) is 9.97 Å². The molecule has 1 aromatic carbocycles. The van der Waals surface area contributed by atoms with E-state index in [4.69, 9.17) is 0 Å². The first-order valence-electron chi connectivity index (χ1n) is 6.84. The molecule has 1 atom stereocenters. The molecule has 1 heterocycles. The van der Waals surface area contributed by atoms with Crippen molar-refractivity contribution in [3.05, 3.63) is 30.6 Å². The second-order valence-electron chi connectivity index (χ2n) is 4.82. The molecule has 1 N–H and O–H groups in total. The van der Waals surface area contributed by atoms with E-state index in [2.05, 4.69) is 35.2 Å². The molecule has 0 amide bonds. The van der Waals surface area contributed by atoms with E-state index in [1.54, 1.807) is 6.33 Å². The second-order valence-corrected chi connectivity index (χ2v) is 5.82. The number of hydrogen-bond donors (Lipinski definition) is 1. The largest absolute Gasteiger partial charge is 0.316 e. The lowest BCUT2D eigenvalue weighted by atomic mass is 10.2. The van der Waals surface area contributed by atoms with Crippen molar-refractivity contribution in [2.45, 2.75) is 25.3 Å². The highest BCUT2D eigenvalue weighted by atomic mass is 32.2. The van der Waals surface area contributed by atoms with Crippen LogP contribution >= 0.6 is 11.8 Å². The third kappa shape index (κ3) is 4.18. The molecule has 19 heavy (non-hydrogen) atoms. The average Bonchev–Trinajstić information content (AvgIpc) is 2.45. The van der Waals surface area contributed by atoms with Crippen LogP contribution in [0.1, 0.15) is 20.3 Å². The van der Waals surface area contributed by atoms with Gasteiger partial charge in [-0.15, -0.1) is 11.8 Å². The molecule has 4 heteroatoms. The van der Waals surface area contributed by atoms with Gasteiger partial charge in [-0.2, -0.15) is 0 Å². The third-order valence-electron chi connectivity index (χ3n) is 2.93. The Morgan fingerprint density at radius 1 is 1.26 bits per heavy atom. The first-order chi connectivity index (χ1) is 9.31. The number of nitrogens with one attached hydrogen (secondary N) is 1. The zero-order valence-corrected chi connectivity index (χ0v) is 12.4. The number of aromatic nitrogens is 2. The van der Waals surface area contributed by atoms with Crippen LogP contribution in [0.2, 0.25) is 0 Å². The van der Waals surface area contributed by atoms with Gasteiger partial charge in [-0.05, 0) is 31.5 Å². The van der Waals surface area contributed by atoms with E-state index in [1.165, 1.54) is 6.42 Å². The lowest BCUT2D eigenvalue weighted by molar-refractivity contribution is 0.557. The summed E-state index contributed by atoms with van der Waals surface area (Å²) in [7, 11) is 0. The van der Waals surface area contributed by atoms with E-state index < -0.39 is 0 Å². The number of benzene rings is 1. The number of hydrogen-bond acceptors (Lipinski definition) is 4. The van der Waals surface area contributed by atoms with Gasteiger partial charge in [0.25, 0.3) is 0 Å². The second kappa shape index (κ2) is 7.46. The minimum atomic E-state index is 0.644. The maximum atomic E-state index is 4.41. The monoisotopic (exact) mass is 275 g/mol. The summed E-state index contributed by atoms with van der Waals surface area (Å²) in [5.41, 5.74) is 1.02. The third-order valence-corrected chi connectivity index (χ3v) is 4.26. The quantitative estimate of drug-likeness (QED) is 0.478. The van der Waals surface area contributed by atoms with Gasteiger partial charge in [-0.1, -0.05) is 32.0 Å². The van der Waals surface area contributed by atoms with Crippen molar-refractivity contribution in [2.75, 3.05) is 18.8 Å². The Morgan fingerprint density at radius 3 is 2.95 bits per heavy atom. The zero-order chi connectivity index (χ0) is 13.5. The van der Waals surface area contributed by atoms with Gasteiger partial charge >= 0.3 is 0 Å². The molecule has 0 radical (unpaired) electrons. The molecular weight excluding hydrogens is 254 g/mol. The van der Waals surface area contributed by atoms with Gasteiger partial charge in [0.15, 0.2) is 0 Å². The first kappa shape index (κ1) is 14.3. The summed E-state index contributed by atoms with van der Waals surface area (Å²) in [5.74, 6) is 1.72. The SMILES string of the molecule is CCCNCC(C)CSc1ncnc2ccccc12. The predicted molar refractivity (Wildman–Crippen MR) is 82.6 cm³/mol. The van der Waals surface area contributed by atoms with E-state index in [0.717, 1.165) is 34.8 Å². The maximum Gasteiger partial charge on any atom is 0.117 e. The summed E-state index contributed by atoms with van der Waals surface area (Å²) in [5, 5.41) is 5.71. The predicted octanol–water partition coefficient (Wildman–Crippen LogP) is 3.36. The van der Waals surface area contributed by atoms with Crippen LogP contribution in [0.5, 0.6) is 0 Å². The van der Waals surface area contributed by atoms with Crippen molar-refractivity contribution in [3.8, 4) is 0 Å². The van der Waals surface area contributed by atoms with Gasteiger partial charge in [0, 0.05) is 11.1 Å². The molecule has 0 aliphatic heterocycles. The smallest absolute Gasteiger partial charge is 0.117 e. The number of thioether (sulfide) groups is 1. The Kier molecular flexibility index (Phi) is 5.61. The number of rotatable bonds is 7. The Balaban J connectivity index is 1.94. The number of para-hydroxylation sites is 1. The maximum absolute atomic E-state index is 4.41. The van der Waals surface area contributed by atoms with Crippen LogP contribution in [0.25, 0.3) is 10.9 Å². The van der Waals surface area contributed by atoms with Crippen LogP contribution in [0.15, 0.2) is 35.6 Å². The molecule has 2 rings (SSSR count). The lowest BCUT2D eigenvalue weighted by Crippen LogP contribution is -2.23. The van der Waals surface area contributed by atoms with Crippen LogP contribution in [-0.4, -0.2) is 28.8 Å². The molecule has 0 saturated carbocycles. The molecular formula is C15H21N3S. The Morgan fingerprint density at radius 2 is 2.11 bits per heavy atom. The molecule has 0 bridgehead atoms. The Hall–Kier alpha value is -1.13. The van der Waals surface area contributed by atoms with Crippen molar-refractivity contribution in [1.82, 2.24) is 15.3 Å². The van der Waals surface area contributed by atoms with Gasteiger partial charge in [0.2, 0.25) is 0 Å². The fourth-order valence-corrected chi connectivity index (χ4v) is 2.91. The van der Waals surface area contributed by atoms with Crippen molar-refractivity contribution in [2.24, 2.45) is 5.92 Å². The molecule has 1 unspecified atom stereocenters. The molecule has 0 fully saturated rings. The molecule has 3 nitrogen and oxygen atoms in total. The van der Waals surface area contributed by atoms with E-state index in [0.29, 0.717) is 5.92 Å². The molecule has 0 saturated heterocycles. The average molecular weight is 275 g/mol. The van der Waals surface area contributed by atoms with Gasteiger partial charge in [0.05, 0.1) is 5.52 Å². The Labute approximate surface area is 119 Å². The topological polar surface area (TPSA) is 37.8 Å². The minimum absolute atomic E-state index is 0.644. The molecule has 0 aliphatic rings. The van der Waals surface area contributed by atoms with Gasteiger partial charge in [0.1, 0.15) is 11.4 Å². The lowest BCUT2D eigenvalue weighted by Gasteiger charge is -2.12. The first-order valence-corrected chi connectivity index (χ1v) is 7.83. The van der Waals surface area contributed by atoms with Crippen LogP contribution in [-0.2, 0) is 0 Å². The van der Waals surface area contributed by atoms with Crippen molar-refractivity contribution in [1.29, 1.82) is 0 Å². The highest BCUT2D eigenvalue weighted by molar-refractivity contribution is 7.99. The fraction of sp³-hybridized carbons (Fsp3) is 0.467. The van der Waals surface area contributed by atoms with E-state index in [1.807, 2.05) is 30.0 Å². The summed E-state index contributed by atoms with van der Waals surface area (Å²) in [6.07, 6.45) is 2.85. The molecule has 0 aliphatic carbocycles. The van der Waals surface area contributed by atoms with Crippen LogP contribution in [0.4, 0.5) is 0 Å². The Bertz CT molecular complexity index is 510. The summed E-state index contributed by atoms with van der Waals surface area (Å²) in [4.78, 5) is 8.70. The standard InChI is InChI=1S/C15H21N3S/c1-3-8-16-9-12(2)10-19-15-13-6-4-5-7-14(13)17-11-18-15/h4-7,11-12,16H,3,8-10H2,1-2H3. The molecule has 2 aromatic rings. The van der Waals surface area contributed by atoms with Crippen molar-refractivity contribution < 1.29 is 0 Å². The van der Waals surface area contributed by atoms with Crippen LogP contribution < -0.4 is 5.32 Å². The van der Waals surface area contributed by atoms with Crippen molar-refractivity contribution in [3.63, 3.8) is 0 Å². The number of fused-ring (bicyclic) bond motifs is 1. The summed E-state index contributed by atoms with van der Waals surface area (Å²) < 4.78 is 0. The molecule has 1 aromatic heterocycles. The van der Waals surface area contributed by atoms with Crippen molar-refractivity contribution >= 4 is 22.7 Å². The highest BCUT2D eigenvalue weighted by Crippen LogP contribution is 2.25. The number of nitrogens with zero attached hydrogens (tertiary/aromatic N) is 2. The fourth-order valence-electron chi connectivity index (χ4n) is 1.90. The molecule has 102 valence electrons. The van der Waals surface area contributed by atoms with Crippen LogP contribution in [0, 0.1) is 5.92 Å². The van der Waals surface area contributed by atoms with E-state index >= 15 is 0 Å². The van der Waals surface area contributed by atoms with Gasteiger partial charge < -0.3 is 5.32 Å². The minimum Gasteiger partial charge on any atom is -0.316 e. The highest BCUT2D eigenvalue weighted by Gasteiger charge is 2.07. The summed E-state index contributed by atoms with van der Waals surface area (Å²) in [6.45, 7) is 6.65. The normalized spacial score (nSPS) is 12.7. The van der Waals surface area contributed by atoms with E-state index in [-0.39, 0.29) is 0 Å². The van der Waals surface area contributed by atoms with Gasteiger partial charge in [-0.3, -0.25) is 0 Å². The summed E-state index contributed by atoms with van der Waals surface area (Å²) >= 11 is 1.82. The van der Waals surface area contributed by atoms with Crippen LogP contribution in [0.3, 0.4) is 0 Å². The molecule has 0 spiro atoms. The zero-order valence-electron chi connectivity index (χ0n) is 11.6. The van der Waals surface area contributed by atoms with E-state index in [9.17, 15) is 0 Å². The summed E-state index contributed by atoms with van der Waals surface area (Å²) in [6, 6.07) is 8.19.